The maximum atomic E-state index is 6.07. The molecule has 3 aromatic rings. The first-order chi connectivity index (χ1) is 9.69. The van der Waals surface area contributed by atoms with Crippen molar-refractivity contribution >= 4 is 22.6 Å². The van der Waals surface area contributed by atoms with Gasteiger partial charge in [0.05, 0.1) is 16.9 Å². The summed E-state index contributed by atoms with van der Waals surface area (Å²) < 4.78 is 2.21. The molecule has 0 spiro atoms. The molecule has 20 heavy (non-hydrogen) atoms. The van der Waals surface area contributed by atoms with E-state index in [4.69, 9.17) is 11.6 Å². The van der Waals surface area contributed by atoms with Crippen molar-refractivity contribution < 1.29 is 0 Å². The monoisotopic (exact) mass is 284 g/mol. The van der Waals surface area contributed by atoms with E-state index in [-0.39, 0.29) is 0 Å². The van der Waals surface area contributed by atoms with Crippen LogP contribution in [0.1, 0.15) is 22.5 Å². The number of hydrogen-bond acceptors (Lipinski definition) is 1. The molecule has 0 N–H and O–H groups in total. The number of imidazole rings is 1. The molecule has 0 atom stereocenters. The summed E-state index contributed by atoms with van der Waals surface area (Å²) in [6.45, 7) is 5.01. The fourth-order valence-electron chi connectivity index (χ4n) is 2.61. The highest BCUT2D eigenvalue weighted by molar-refractivity contribution is 6.16. The second kappa shape index (κ2) is 5.29. The summed E-state index contributed by atoms with van der Waals surface area (Å²) in [6.07, 6.45) is 0. The Morgan fingerprint density at radius 2 is 1.90 bits per heavy atom. The summed E-state index contributed by atoms with van der Waals surface area (Å²) in [7, 11) is 0. The quantitative estimate of drug-likeness (QED) is 0.650. The topological polar surface area (TPSA) is 17.8 Å². The summed E-state index contributed by atoms with van der Waals surface area (Å²) >= 11 is 6.07. The minimum Gasteiger partial charge on any atom is -0.322 e. The number of fused-ring (bicyclic) bond motifs is 1. The first kappa shape index (κ1) is 13.2. The maximum Gasteiger partial charge on any atom is 0.125 e. The highest BCUT2D eigenvalue weighted by Crippen LogP contribution is 2.22. The van der Waals surface area contributed by atoms with Crippen molar-refractivity contribution in [2.45, 2.75) is 26.3 Å². The zero-order chi connectivity index (χ0) is 14.1. The second-order valence-corrected chi connectivity index (χ2v) is 5.45. The van der Waals surface area contributed by atoms with Crippen LogP contribution in [-0.2, 0) is 12.4 Å². The van der Waals surface area contributed by atoms with Gasteiger partial charge in [-0.25, -0.2) is 4.98 Å². The van der Waals surface area contributed by atoms with Gasteiger partial charge in [0.25, 0.3) is 0 Å². The zero-order valence-electron chi connectivity index (χ0n) is 11.7. The van der Waals surface area contributed by atoms with Crippen LogP contribution in [0.3, 0.4) is 0 Å². The Morgan fingerprint density at radius 3 is 2.65 bits per heavy atom. The predicted molar refractivity (Wildman–Crippen MR) is 84.3 cm³/mol. The first-order valence-corrected chi connectivity index (χ1v) is 7.28. The first-order valence-electron chi connectivity index (χ1n) is 6.75. The number of aromatic nitrogens is 2. The molecule has 2 aromatic carbocycles. The maximum absolute atomic E-state index is 6.07. The van der Waals surface area contributed by atoms with Crippen molar-refractivity contribution in [3.8, 4) is 0 Å². The Balaban J connectivity index is 2.12. The predicted octanol–water partition coefficient (Wildman–Crippen LogP) is 4.44. The minimum atomic E-state index is 0.430. The molecule has 0 fully saturated rings. The van der Waals surface area contributed by atoms with Gasteiger partial charge in [-0.3, -0.25) is 0 Å². The molecule has 0 aliphatic rings. The summed E-state index contributed by atoms with van der Waals surface area (Å²) in [5.41, 5.74) is 5.95. The van der Waals surface area contributed by atoms with E-state index in [9.17, 15) is 0 Å². The molecule has 0 aliphatic heterocycles. The zero-order valence-corrected chi connectivity index (χ0v) is 12.5. The van der Waals surface area contributed by atoms with Gasteiger partial charge in [-0.2, -0.15) is 0 Å². The van der Waals surface area contributed by atoms with E-state index < -0.39 is 0 Å². The Hall–Kier alpha value is -1.80. The number of hydrogen-bond donors (Lipinski definition) is 0. The standard InChI is InChI=1S/C17H17ClN2/c1-12-5-3-7-14(9-12)11-20-15-8-4-6-13(2)17(15)19-16(20)10-18/h3-9H,10-11H2,1-2H3. The molecule has 102 valence electrons. The normalized spacial score (nSPS) is 11.2. The smallest absolute Gasteiger partial charge is 0.125 e. The lowest BCUT2D eigenvalue weighted by Gasteiger charge is -2.08. The number of benzene rings is 2. The van der Waals surface area contributed by atoms with Gasteiger partial charge in [0.15, 0.2) is 0 Å². The van der Waals surface area contributed by atoms with Crippen molar-refractivity contribution in [2.24, 2.45) is 0 Å². The van der Waals surface area contributed by atoms with E-state index in [0.717, 1.165) is 23.4 Å². The largest absolute Gasteiger partial charge is 0.322 e. The van der Waals surface area contributed by atoms with Gasteiger partial charge in [0.1, 0.15) is 5.82 Å². The SMILES string of the molecule is Cc1cccc(Cn2c(CCl)nc3c(C)cccc32)c1. The van der Waals surface area contributed by atoms with Gasteiger partial charge in [-0.05, 0) is 31.0 Å². The van der Waals surface area contributed by atoms with E-state index >= 15 is 0 Å². The lowest BCUT2D eigenvalue weighted by atomic mass is 10.1. The summed E-state index contributed by atoms with van der Waals surface area (Å²) in [6, 6.07) is 14.8. The molecular formula is C17H17ClN2. The minimum absolute atomic E-state index is 0.430. The molecule has 3 heteroatoms. The van der Waals surface area contributed by atoms with Crippen molar-refractivity contribution in [3.63, 3.8) is 0 Å². The number of halogens is 1. The van der Waals surface area contributed by atoms with Gasteiger partial charge < -0.3 is 4.57 Å². The number of rotatable bonds is 3. The van der Waals surface area contributed by atoms with Crippen LogP contribution in [0, 0.1) is 13.8 Å². The van der Waals surface area contributed by atoms with Gasteiger partial charge in [-0.1, -0.05) is 42.0 Å². The van der Waals surface area contributed by atoms with Crippen LogP contribution >= 0.6 is 11.6 Å². The average Bonchev–Trinajstić information content (AvgIpc) is 2.79. The van der Waals surface area contributed by atoms with E-state index in [2.05, 4.69) is 65.9 Å². The third kappa shape index (κ3) is 2.32. The molecule has 0 radical (unpaired) electrons. The van der Waals surface area contributed by atoms with E-state index in [1.54, 1.807) is 0 Å². The van der Waals surface area contributed by atoms with Crippen LogP contribution in [-0.4, -0.2) is 9.55 Å². The fourth-order valence-corrected chi connectivity index (χ4v) is 2.81. The molecule has 0 saturated carbocycles. The lowest BCUT2D eigenvalue weighted by Crippen LogP contribution is -2.03. The molecule has 0 bridgehead atoms. The number of alkyl halides is 1. The Kier molecular flexibility index (Phi) is 3.49. The van der Waals surface area contributed by atoms with Crippen LogP contribution in [0.2, 0.25) is 0 Å². The van der Waals surface area contributed by atoms with E-state index in [1.807, 2.05) is 0 Å². The average molecular weight is 285 g/mol. The number of aryl methyl sites for hydroxylation is 2. The second-order valence-electron chi connectivity index (χ2n) is 5.18. The molecule has 2 nitrogen and oxygen atoms in total. The highest BCUT2D eigenvalue weighted by atomic mass is 35.5. The molecule has 1 aromatic heterocycles. The van der Waals surface area contributed by atoms with Gasteiger partial charge in [0.2, 0.25) is 0 Å². The summed E-state index contributed by atoms with van der Waals surface area (Å²) in [4.78, 5) is 4.68. The Labute approximate surface area is 124 Å². The van der Waals surface area contributed by atoms with Gasteiger partial charge in [-0.15, -0.1) is 11.6 Å². The molecule has 0 saturated heterocycles. The molecule has 0 unspecified atom stereocenters. The Bertz CT molecular complexity index is 759. The van der Waals surface area contributed by atoms with Crippen molar-refractivity contribution in [2.75, 3.05) is 0 Å². The summed E-state index contributed by atoms with van der Waals surface area (Å²) in [5.74, 6) is 1.36. The van der Waals surface area contributed by atoms with Crippen LogP contribution in [0.5, 0.6) is 0 Å². The molecule has 3 rings (SSSR count). The van der Waals surface area contributed by atoms with Crippen LogP contribution in [0.25, 0.3) is 11.0 Å². The molecule has 0 amide bonds. The van der Waals surface area contributed by atoms with Gasteiger partial charge >= 0.3 is 0 Å². The Morgan fingerprint density at radius 1 is 1.10 bits per heavy atom. The third-order valence-electron chi connectivity index (χ3n) is 3.60. The molecule has 1 heterocycles. The molecular weight excluding hydrogens is 268 g/mol. The summed E-state index contributed by atoms with van der Waals surface area (Å²) in [5, 5.41) is 0. The lowest BCUT2D eigenvalue weighted by molar-refractivity contribution is 0.778. The van der Waals surface area contributed by atoms with E-state index in [0.29, 0.717) is 5.88 Å². The van der Waals surface area contributed by atoms with Gasteiger partial charge in [0, 0.05) is 6.54 Å². The molecule has 0 aliphatic carbocycles. The van der Waals surface area contributed by atoms with Crippen molar-refractivity contribution in [3.05, 3.63) is 65.0 Å². The van der Waals surface area contributed by atoms with Crippen molar-refractivity contribution in [1.82, 2.24) is 9.55 Å². The van der Waals surface area contributed by atoms with Crippen molar-refractivity contribution in [1.29, 1.82) is 0 Å². The highest BCUT2D eigenvalue weighted by Gasteiger charge is 2.11. The number of nitrogens with zero attached hydrogens (tertiary/aromatic N) is 2. The van der Waals surface area contributed by atoms with Crippen LogP contribution in [0.4, 0.5) is 0 Å². The van der Waals surface area contributed by atoms with Crippen LogP contribution in [0.15, 0.2) is 42.5 Å². The van der Waals surface area contributed by atoms with Crippen LogP contribution < -0.4 is 0 Å². The fraction of sp³-hybridized carbons (Fsp3) is 0.235. The number of para-hydroxylation sites is 1. The third-order valence-corrected chi connectivity index (χ3v) is 3.84. The van der Waals surface area contributed by atoms with E-state index in [1.165, 1.54) is 16.7 Å².